The molecule has 74 valence electrons. The van der Waals surface area contributed by atoms with Crippen molar-refractivity contribution in [3.63, 3.8) is 0 Å². The molecule has 0 radical (unpaired) electrons. The van der Waals surface area contributed by atoms with E-state index in [0.29, 0.717) is 0 Å². The van der Waals surface area contributed by atoms with E-state index < -0.39 is 0 Å². The molecule has 2 heteroatoms. The van der Waals surface area contributed by atoms with Gasteiger partial charge in [-0.3, -0.25) is 5.32 Å². The monoisotopic (exact) mass is 251 g/mol. The quantitative estimate of drug-likeness (QED) is 0.815. The highest BCUT2D eigenvalue weighted by Gasteiger charge is 2.07. The van der Waals surface area contributed by atoms with Crippen LogP contribution in [0.15, 0.2) is 28.7 Å². The Balaban J connectivity index is 2.70. The van der Waals surface area contributed by atoms with Gasteiger partial charge in [0.15, 0.2) is 0 Å². The second kappa shape index (κ2) is 5.19. The van der Waals surface area contributed by atoms with Crippen molar-refractivity contribution in [1.82, 2.24) is 5.32 Å². The van der Waals surface area contributed by atoms with E-state index in [2.05, 4.69) is 46.2 Å². The molecule has 1 aromatic carbocycles. The van der Waals surface area contributed by atoms with Crippen LogP contribution in [0.25, 0.3) is 0 Å². The first kappa shape index (κ1) is 11.3. The zero-order valence-electron chi connectivity index (χ0n) is 8.42. The maximum absolute atomic E-state index is 5.31. The molecule has 2 unspecified atom stereocenters. The number of benzene rings is 1. The van der Waals surface area contributed by atoms with Crippen LogP contribution in [0.5, 0.6) is 0 Å². The molecule has 0 bridgehead atoms. The lowest BCUT2D eigenvalue weighted by Crippen LogP contribution is -2.27. The second-order valence-electron chi connectivity index (χ2n) is 3.33. The molecule has 0 aliphatic carbocycles. The highest BCUT2D eigenvalue weighted by Crippen LogP contribution is 2.17. The van der Waals surface area contributed by atoms with E-state index in [1.807, 2.05) is 19.1 Å². The molecule has 0 aliphatic rings. The van der Waals surface area contributed by atoms with E-state index in [0.717, 1.165) is 4.47 Å². The third kappa shape index (κ3) is 3.17. The van der Waals surface area contributed by atoms with Crippen LogP contribution >= 0.6 is 15.9 Å². The Morgan fingerprint density at radius 3 is 2.71 bits per heavy atom. The van der Waals surface area contributed by atoms with Gasteiger partial charge in [-0.1, -0.05) is 34.0 Å². The fourth-order valence-electron chi connectivity index (χ4n) is 1.30. The molecule has 1 aromatic rings. The van der Waals surface area contributed by atoms with E-state index >= 15 is 0 Å². The van der Waals surface area contributed by atoms with Gasteiger partial charge in [0.05, 0.1) is 6.04 Å². The molecular formula is C12H14BrN. The van der Waals surface area contributed by atoms with Gasteiger partial charge in [-0.2, -0.15) is 0 Å². The van der Waals surface area contributed by atoms with E-state index in [1.54, 1.807) is 0 Å². The average Bonchev–Trinajstić information content (AvgIpc) is 2.17. The molecule has 0 saturated heterocycles. The van der Waals surface area contributed by atoms with Crippen LogP contribution in [-0.2, 0) is 0 Å². The molecule has 0 saturated carbocycles. The van der Waals surface area contributed by atoms with Crippen molar-refractivity contribution in [1.29, 1.82) is 0 Å². The SMILES string of the molecule is C#CC(C)NC(C)c1cccc(Br)c1. The molecule has 14 heavy (non-hydrogen) atoms. The van der Waals surface area contributed by atoms with Crippen LogP contribution in [0.2, 0.25) is 0 Å². The van der Waals surface area contributed by atoms with Crippen LogP contribution in [0.4, 0.5) is 0 Å². The van der Waals surface area contributed by atoms with Crippen molar-refractivity contribution in [2.45, 2.75) is 25.9 Å². The molecule has 1 nitrogen and oxygen atoms in total. The van der Waals surface area contributed by atoms with Crippen LogP contribution in [-0.4, -0.2) is 6.04 Å². The largest absolute Gasteiger partial charge is 0.297 e. The molecule has 0 aliphatic heterocycles. The maximum Gasteiger partial charge on any atom is 0.0662 e. The summed E-state index contributed by atoms with van der Waals surface area (Å²) in [7, 11) is 0. The summed E-state index contributed by atoms with van der Waals surface area (Å²) in [6.07, 6.45) is 5.31. The number of hydrogen-bond donors (Lipinski definition) is 1. The van der Waals surface area contributed by atoms with Crippen molar-refractivity contribution >= 4 is 15.9 Å². The molecule has 1 rings (SSSR count). The first-order valence-electron chi connectivity index (χ1n) is 4.61. The van der Waals surface area contributed by atoms with Crippen LogP contribution < -0.4 is 5.32 Å². The Hall–Kier alpha value is -0.780. The molecule has 0 fully saturated rings. The zero-order chi connectivity index (χ0) is 10.6. The lowest BCUT2D eigenvalue weighted by Gasteiger charge is -2.16. The van der Waals surface area contributed by atoms with E-state index in [4.69, 9.17) is 6.42 Å². The normalized spacial score (nSPS) is 14.4. The Labute approximate surface area is 94.0 Å². The minimum atomic E-state index is 0.101. The summed E-state index contributed by atoms with van der Waals surface area (Å²) in [6.45, 7) is 4.09. The van der Waals surface area contributed by atoms with Gasteiger partial charge < -0.3 is 0 Å². The van der Waals surface area contributed by atoms with Crippen LogP contribution in [0.3, 0.4) is 0 Å². The Morgan fingerprint density at radius 1 is 1.43 bits per heavy atom. The summed E-state index contributed by atoms with van der Waals surface area (Å²) >= 11 is 3.45. The van der Waals surface area contributed by atoms with Gasteiger partial charge in [-0.25, -0.2) is 0 Å². The fourth-order valence-corrected chi connectivity index (χ4v) is 1.71. The standard InChI is InChI=1S/C12H14BrN/c1-4-9(2)14-10(3)11-6-5-7-12(13)8-11/h1,5-10,14H,2-3H3. The van der Waals surface area contributed by atoms with Gasteiger partial charge in [0.25, 0.3) is 0 Å². The highest BCUT2D eigenvalue weighted by molar-refractivity contribution is 9.10. The van der Waals surface area contributed by atoms with Crippen molar-refractivity contribution in [2.75, 3.05) is 0 Å². The first-order valence-corrected chi connectivity index (χ1v) is 5.40. The van der Waals surface area contributed by atoms with E-state index in [-0.39, 0.29) is 12.1 Å². The van der Waals surface area contributed by atoms with Gasteiger partial charge in [0.1, 0.15) is 0 Å². The minimum Gasteiger partial charge on any atom is -0.297 e. The third-order valence-electron chi connectivity index (χ3n) is 2.10. The smallest absolute Gasteiger partial charge is 0.0662 e. The molecule has 0 aromatic heterocycles. The topological polar surface area (TPSA) is 12.0 Å². The van der Waals surface area contributed by atoms with Gasteiger partial charge in [-0.05, 0) is 31.5 Å². The predicted octanol–water partition coefficient (Wildman–Crippen LogP) is 3.12. The first-order chi connectivity index (χ1) is 6.63. The van der Waals surface area contributed by atoms with Crippen molar-refractivity contribution in [3.05, 3.63) is 34.3 Å². The Kier molecular flexibility index (Phi) is 4.19. The Bertz CT molecular complexity index is 340. The summed E-state index contributed by atoms with van der Waals surface area (Å²) < 4.78 is 1.09. The number of halogens is 1. The van der Waals surface area contributed by atoms with E-state index in [9.17, 15) is 0 Å². The fraction of sp³-hybridized carbons (Fsp3) is 0.333. The number of rotatable bonds is 3. The average molecular weight is 252 g/mol. The number of terminal acetylenes is 1. The van der Waals surface area contributed by atoms with Gasteiger partial charge in [0, 0.05) is 10.5 Å². The van der Waals surface area contributed by atoms with Gasteiger partial charge >= 0.3 is 0 Å². The molecule has 1 N–H and O–H groups in total. The summed E-state index contributed by atoms with van der Waals surface area (Å²) in [4.78, 5) is 0. The molecule has 0 spiro atoms. The summed E-state index contributed by atoms with van der Waals surface area (Å²) in [5, 5.41) is 3.32. The Morgan fingerprint density at radius 2 is 2.14 bits per heavy atom. The second-order valence-corrected chi connectivity index (χ2v) is 4.25. The number of hydrogen-bond acceptors (Lipinski definition) is 1. The van der Waals surface area contributed by atoms with Crippen LogP contribution in [0.1, 0.15) is 25.5 Å². The number of nitrogens with one attached hydrogen (secondary N) is 1. The predicted molar refractivity (Wildman–Crippen MR) is 64.0 cm³/mol. The minimum absolute atomic E-state index is 0.101. The summed E-state index contributed by atoms with van der Waals surface area (Å²) in [5.41, 5.74) is 1.24. The van der Waals surface area contributed by atoms with Gasteiger partial charge in [-0.15, -0.1) is 6.42 Å². The van der Waals surface area contributed by atoms with Crippen molar-refractivity contribution < 1.29 is 0 Å². The zero-order valence-corrected chi connectivity index (χ0v) is 10.0. The summed E-state index contributed by atoms with van der Waals surface area (Å²) in [5.74, 6) is 2.66. The van der Waals surface area contributed by atoms with Crippen LogP contribution in [0, 0.1) is 12.3 Å². The molecule has 0 heterocycles. The molecule has 0 amide bonds. The lowest BCUT2D eigenvalue weighted by molar-refractivity contribution is 0.546. The van der Waals surface area contributed by atoms with Crippen molar-refractivity contribution in [3.8, 4) is 12.3 Å². The highest BCUT2D eigenvalue weighted by atomic mass is 79.9. The van der Waals surface area contributed by atoms with Gasteiger partial charge in [0.2, 0.25) is 0 Å². The van der Waals surface area contributed by atoms with Crippen molar-refractivity contribution in [2.24, 2.45) is 0 Å². The lowest BCUT2D eigenvalue weighted by atomic mass is 10.1. The van der Waals surface area contributed by atoms with E-state index in [1.165, 1.54) is 5.56 Å². The molecule has 2 atom stereocenters. The summed E-state index contributed by atoms with van der Waals surface area (Å²) in [6, 6.07) is 8.61. The third-order valence-corrected chi connectivity index (χ3v) is 2.59. The maximum atomic E-state index is 5.31. The molecular weight excluding hydrogens is 238 g/mol.